The number of aromatic nitrogens is 2. The largest absolute Gasteiger partial charge is 0.337 e. The SMILES string of the molecule is CCC(=O)N1CCCC[C@H]1c1nc2c(c(=O)[nH]1)CCN(C(C)=O)C2. The van der Waals surface area contributed by atoms with Crippen LogP contribution in [0.5, 0.6) is 0 Å². The van der Waals surface area contributed by atoms with E-state index in [2.05, 4.69) is 9.97 Å². The Morgan fingerprint density at radius 1 is 1.29 bits per heavy atom. The number of carbonyl (C=O) groups excluding carboxylic acids is 2. The Morgan fingerprint density at radius 3 is 2.79 bits per heavy atom. The van der Waals surface area contributed by atoms with Crippen molar-refractivity contribution in [3.63, 3.8) is 0 Å². The van der Waals surface area contributed by atoms with E-state index in [0.29, 0.717) is 49.6 Å². The van der Waals surface area contributed by atoms with Crippen molar-refractivity contribution in [2.45, 2.75) is 58.5 Å². The van der Waals surface area contributed by atoms with Crippen molar-refractivity contribution in [2.75, 3.05) is 13.1 Å². The standard InChI is InChI=1S/C17H24N4O3/c1-3-15(23)21-8-5-4-6-14(21)16-18-13-10-20(11(2)22)9-7-12(13)17(24)19-16/h14H,3-10H2,1-2H3,(H,18,19,24)/t14-/m0/s1. The fourth-order valence-electron chi connectivity index (χ4n) is 3.60. The molecule has 0 radical (unpaired) electrons. The van der Waals surface area contributed by atoms with Crippen molar-refractivity contribution in [3.8, 4) is 0 Å². The molecule has 1 atom stereocenters. The Labute approximate surface area is 141 Å². The lowest BCUT2D eigenvalue weighted by molar-refractivity contribution is -0.135. The molecule has 3 rings (SSSR count). The summed E-state index contributed by atoms with van der Waals surface area (Å²) < 4.78 is 0. The van der Waals surface area contributed by atoms with Gasteiger partial charge < -0.3 is 14.8 Å². The van der Waals surface area contributed by atoms with Crippen LogP contribution >= 0.6 is 0 Å². The van der Waals surface area contributed by atoms with E-state index < -0.39 is 0 Å². The first kappa shape index (κ1) is 16.7. The third-order valence-corrected chi connectivity index (χ3v) is 4.98. The molecule has 1 aromatic rings. The van der Waals surface area contributed by atoms with Crippen molar-refractivity contribution >= 4 is 11.8 Å². The molecule has 0 bridgehead atoms. The van der Waals surface area contributed by atoms with Gasteiger partial charge in [0.15, 0.2) is 0 Å². The number of fused-ring (bicyclic) bond motifs is 1. The Balaban J connectivity index is 1.95. The molecule has 1 fully saturated rings. The Hall–Kier alpha value is -2.18. The third kappa shape index (κ3) is 3.07. The molecule has 130 valence electrons. The second-order valence-corrected chi connectivity index (χ2v) is 6.52. The third-order valence-electron chi connectivity index (χ3n) is 4.98. The lowest BCUT2D eigenvalue weighted by Crippen LogP contribution is -2.42. The van der Waals surface area contributed by atoms with Gasteiger partial charge >= 0.3 is 0 Å². The normalized spacial score (nSPS) is 20.7. The smallest absolute Gasteiger partial charge is 0.254 e. The van der Waals surface area contributed by atoms with Crippen LogP contribution in [0.3, 0.4) is 0 Å². The molecule has 1 saturated heterocycles. The average Bonchev–Trinajstić information content (AvgIpc) is 2.60. The van der Waals surface area contributed by atoms with Gasteiger partial charge in [-0.15, -0.1) is 0 Å². The molecular weight excluding hydrogens is 308 g/mol. The minimum Gasteiger partial charge on any atom is -0.337 e. The number of nitrogens with zero attached hydrogens (tertiary/aromatic N) is 3. The molecule has 0 aromatic carbocycles. The summed E-state index contributed by atoms with van der Waals surface area (Å²) in [5.41, 5.74) is 1.21. The molecule has 2 amide bonds. The van der Waals surface area contributed by atoms with E-state index in [1.807, 2.05) is 11.8 Å². The quantitative estimate of drug-likeness (QED) is 0.880. The van der Waals surface area contributed by atoms with Gasteiger partial charge in [-0.05, 0) is 25.7 Å². The van der Waals surface area contributed by atoms with Crippen LogP contribution in [0.2, 0.25) is 0 Å². The van der Waals surface area contributed by atoms with E-state index in [1.165, 1.54) is 6.92 Å². The van der Waals surface area contributed by atoms with E-state index in [4.69, 9.17) is 0 Å². The average molecular weight is 332 g/mol. The van der Waals surface area contributed by atoms with Gasteiger partial charge in [0.2, 0.25) is 11.8 Å². The molecule has 2 aliphatic rings. The minimum absolute atomic E-state index is 0.00950. The maximum absolute atomic E-state index is 12.4. The number of rotatable bonds is 2. The topological polar surface area (TPSA) is 86.4 Å². The van der Waals surface area contributed by atoms with Gasteiger partial charge in [0.05, 0.1) is 18.3 Å². The molecule has 1 aromatic heterocycles. The first-order valence-electron chi connectivity index (χ1n) is 8.68. The number of carbonyl (C=O) groups is 2. The van der Waals surface area contributed by atoms with Crippen molar-refractivity contribution in [1.29, 1.82) is 0 Å². The molecule has 0 aliphatic carbocycles. The van der Waals surface area contributed by atoms with Gasteiger partial charge in [0.1, 0.15) is 5.82 Å². The molecule has 7 heteroatoms. The molecular formula is C17H24N4O3. The number of hydrogen-bond acceptors (Lipinski definition) is 4. The zero-order valence-corrected chi connectivity index (χ0v) is 14.3. The summed E-state index contributed by atoms with van der Waals surface area (Å²) in [5.74, 6) is 0.640. The molecule has 0 unspecified atom stereocenters. The monoisotopic (exact) mass is 332 g/mol. The van der Waals surface area contributed by atoms with Gasteiger partial charge in [-0.25, -0.2) is 4.98 Å². The van der Waals surface area contributed by atoms with Crippen LogP contribution in [0.1, 0.15) is 62.7 Å². The maximum Gasteiger partial charge on any atom is 0.254 e. The number of aromatic amines is 1. The Bertz CT molecular complexity index is 712. The number of hydrogen-bond donors (Lipinski definition) is 1. The summed E-state index contributed by atoms with van der Waals surface area (Å²) in [6.07, 6.45) is 3.78. The van der Waals surface area contributed by atoms with Crippen LogP contribution < -0.4 is 5.56 Å². The van der Waals surface area contributed by atoms with Crippen LogP contribution in [-0.2, 0) is 22.6 Å². The zero-order chi connectivity index (χ0) is 17.3. The van der Waals surface area contributed by atoms with Gasteiger partial charge in [0, 0.05) is 32.0 Å². The first-order valence-corrected chi connectivity index (χ1v) is 8.68. The van der Waals surface area contributed by atoms with Crippen molar-refractivity contribution in [1.82, 2.24) is 19.8 Å². The van der Waals surface area contributed by atoms with Crippen molar-refractivity contribution in [2.24, 2.45) is 0 Å². The summed E-state index contributed by atoms with van der Waals surface area (Å²) in [7, 11) is 0. The second-order valence-electron chi connectivity index (χ2n) is 6.52. The molecule has 7 nitrogen and oxygen atoms in total. The highest BCUT2D eigenvalue weighted by Crippen LogP contribution is 2.29. The van der Waals surface area contributed by atoms with E-state index in [9.17, 15) is 14.4 Å². The summed E-state index contributed by atoms with van der Waals surface area (Å²) >= 11 is 0. The highest BCUT2D eigenvalue weighted by atomic mass is 16.2. The number of likely N-dealkylation sites (tertiary alicyclic amines) is 1. The number of piperidine rings is 1. The van der Waals surface area contributed by atoms with Gasteiger partial charge in [-0.2, -0.15) is 0 Å². The highest BCUT2D eigenvalue weighted by molar-refractivity contribution is 5.76. The summed E-state index contributed by atoms with van der Waals surface area (Å²) in [5, 5.41) is 0. The lowest BCUT2D eigenvalue weighted by atomic mass is 10.00. The van der Waals surface area contributed by atoms with Crippen molar-refractivity contribution < 1.29 is 9.59 Å². The molecule has 0 saturated carbocycles. The molecule has 2 aliphatic heterocycles. The number of H-pyrrole nitrogens is 1. The van der Waals surface area contributed by atoms with Gasteiger partial charge in [-0.3, -0.25) is 14.4 Å². The van der Waals surface area contributed by atoms with Gasteiger partial charge in [-0.1, -0.05) is 6.92 Å². The fourth-order valence-corrected chi connectivity index (χ4v) is 3.60. The van der Waals surface area contributed by atoms with Gasteiger partial charge in [0.25, 0.3) is 5.56 Å². The summed E-state index contributed by atoms with van der Waals surface area (Å²) in [4.78, 5) is 47.4. The van der Waals surface area contributed by atoms with Crippen molar-refractivity contribution in [3.05, 3.63) is 27.4 Å². The highest BCUT2D eigenvalue weighted by Gasteiger charge is 2.31. The molecule has 3 heterocycles. The van der Waals surface area contributed by atoms with E-state index >= 15 is 0 Å². The van der Waals surface area contributed by atoms with E-state index in [1.54, 1.807) is 4.90 Å². The summed E-state index contributed by atoms with van der Waals surface area (Å²) in [6, 6.07) is -0.170. The first-order chi connectivity index (χ1) is 11.5. The lowest BCUT2D eigenvalue weighted by Gasteiger charge is -2.35. The minimum atomic E-state index is -0.170. The fraction of sp³-hybridized carbons (Fsp3) is 0.647. The Morgan fingerprint density at radius 2 is 2.08 bits per heavy atom. The van der Waals surface area contributed by atoms with E-state index in [-0.39, 0.29) is 23.4 Å². The predicted octanol–water partition coefficient (Wildman–Crippen LogP) is 1.14. The maximum atomic E-state index is 12.4. The van der Waals surface area contributed by atoms with Crippen LogP contribution in [0.4, 0.5) is 0 Å². The molecule has 24 heavy (non-hydrogen) atoms. The van der Waals surface area contributed by atoms with E-state index in [0.717, 1.165) is 19.3 Å². The number of amides is 2. The second kappa shape index (κ2) is 6.75. The Kier molecular flexibility index (Phi) is 4.69. The number of nitrogens with one attached hydrogen (secondary N) is 1. The van der Waals surface area contributed by atoms with Crippen LogP contribution in [-0.4, -0.2) is 44.7 Å². The van der Waals surface area contributed by atoms with Crippen LogP contribution in [0, 0.1) is 0 Å². The van der Waals surface area contributed by atoms with Crippen LogP contribution in [0.25, 0.3) is 0 Å². The molecule has 1 N–H and O–H groups in total. The zero-order valence-electron chi connectivity index (χ0n) is 14.3. The molecule has 0 spiro atoms. The van der Waals surface area contributed by atoms with Crippen LogP contribution in [0.15, 0.2) is 4.79 Å². The summed E-state index contributed by atoms with van der Waals surface area (Å²) in [6.45, 7) is 5.01. The predicted molar refractivity (Wildman–Crippen MR) is 88.2 cm³/mol.